The van der Waals surface area contributed by atoms with Crippen molar-refractivity contribution in [2.45, 2.75) is 51.4 Å². The number of nitrogens with one attached hydrogen (secondary N) is 1. The van der Waals surface area contributed by atoms with Crippen molar-refractivity contribution in [2.75, 3.05) is 0 Å². The zero-order valence-corrected chi connectivity index (χ0v) is 14.1. The van der Waals surface area contributed by atoms with E-state index in [1.54, 1.807) is 11.6 Å². The zero-order chi connectivity index (χ0) is 16.8. The highest BCUT2D eigenvalue weighted by molar-refractivity contribution is 5.70. The van der Waals surface area contributed by atoms with Crippen LogP contribution >= 0.6 is 0 Å². The van der Waals surface area contributed by atoms with Gasteiger partial charge in [-0.2, -0.15) is 0 Å². The second-order valence-corrected chi connectivity index (χ2v) is 6.03. The van der Waals surface area contributed by atoms with Gasteiger partial charge in [-0.25, -0.2) is 9.78 Å². The molecule has 0 atom stereocenters. The standard InChI is InChI=1S/C17H26N4O2/c1-4-5-6-7-8-9-10-11-12-13-18-15-14(20(13)2)16(22)19-17(23)21(15)3/h4H,1,5-12H2,2-3H3,(H,19,22,23). The Kier molecular flexibility index (Phi) is 5.96. The number of imidazole rings is 1. The molecular weight excluding hydrogens is 292 g/mol. The zero-order valence-electron chi connectivity index (χ0n) is 14.1. The Morgan fingerprint density at radius 3 is 2.39 bits per heavy atom. The van der Waals surface area contributed by atoms with Gasteiger partial charge in [0.15, 0.2) is 11.2 Å². The number of fused-ring (bicyclic) bond motifs is 1. The van der Waals surface area contributed by atoms with Crippen LogP contribution in [0.1, 0.15) is 50.8 Å². The minimum atomic E-state index is -0.424. The molecule has 23 heavy (non-hydrogen) atoms. The lowest BCUT2D eigenvalue weighted by atomic mass is 10.1. The summed E-state index contributed by atoms with van der Waals surface area (Å²) >= 11 is 0. The molecule has 0 fully saturated rings. The number of unbranched alkanes of at least 4 members (excludes halogenated alkanes) is 6. The molecule has 126 valence electrons. The molecule has 0 aliphatic carbocycles. The molecule has 6 nitrogen and oxygen atoms in total. The molecule has 0 unspecified atom stereocenters. The van der Waals surface area contributed by atoms with Crippen molar-refractivity contribution >= 4 is 11.2 Å². The molecule has 0 saturated carbocycles. The number of rotatable bonds is 9. The number of aromatic nitrogens is 4. The van der Waals surface area contributed by atoms with Crippen LogP contribution in [0.15, 0.2) is 22.2 Å². The summed E-state index contributed by atoms with van der Waals surface area (Å²) in [4.78, 5) is 30.4. The van der Waals surface area contributed by atoms with Gasteiger partial charge in [-0.3, -0.25) is 14.3 Å². The second-order valence-electron chi connectivity index (χ2n) is 6.03. The maximum atomic E-state index is 12.0. The number of H-pyrrole nitrogens is 1. The summed E-state index contributed by atoms with van der Waals surface area (Å²) in [6, 6.07) is 0. The average molecular weight is 318 g/mol. The van der Waals surface area contributed by atoms with Crippen LogP contribution in [0.3, 0.4) is 0 Å². The summed E-state index contributed by atoms with van der Waals surface area (Å²) in [6.07, 6.45) is 11.1. The quantitative estimate of drug-likeness (QED) is 0.570. The number of allylic oxidation sites excluding steroid dienone is 1. The third kappa shape index (κ3) is 4.00. The number of nitrogens with zero attached hydrogens (tertiary/aromatic N) is 3. The Morgan fingerprint density at radius 1 is 1.04 bits per heavy atom. The molecule has 6 heteroatoms. The molecule has 0 saturated heterocycles. The van der Waals surface area contributed by atoms with Crippen molar-refractivity contribution < 1.29 is 0 Å². The first-order chi connectivity index (χ1) is 11.1. The predicted molar refractivity (Wildman–Crippen MR) is 92.8 cm³/mol. The Morgan fingerprint density at radius 2 is 1.70 bits per heavy atom. The first-order valence-corrected chi connectivity index (χ1v) is 8.31. The van der Waals surface area contributed by atoms with E-state index >= 15 is 0 Å². The highest BCUT2D eigenvalue weighted by atomic mass is 16.2. The van der Waals surface area contributed by atoms with Crippen LogP contribution in [-0.2, 0) is 20.5 Å². The van der Waals surface area contributed by atoms with Crippen molar-refractivity contribution in [2.24, 2.45) is 14.1 Å². The molecule has 0 amide bonds. The summed E-state index contributed by atoms with van der Waals surface area (Å²) < 4.78 is 3.19. The lowest BCUT2D eigenvalue weighted by Crippen LogP contribution is -2.29. The Hall–Kier alpha value is -2.11. The topological polar surface area (TPSA) is 72.7 Å². The molecule has 2 aromatic heterocycles. The van der Waals surface area contributed by atoms with Crippen molar-refractivity contribution in [1.29, 1.82) is 0 Å². The molecule has 2 heterocycles. The van der Waals surface area contributed by atoms with Crippen LogP contribution in [0.4, 0.5) is 0 Å². The van der Waals surface area contributed by atoms with Crippen LogP contribution in [0.5, 0.6) is 0 Å². The number of hydrogen-bond acceptors (Lipinski definition) is 3. The highest BCUT2D eigenvalue weighted by Gasteiger charge is 2.14. The van der Waals surface area contributed by atoms with Crippen molar-refractivity contribution in [3.8, 4) is 0 Å². The van der Waals surface area contributed by atoms with Crippen LogP contribution in [0.2, 0.25) is 0 Å². The summed E-state index contributed by atoms with van der Waals surface area (Å²) in [5.41, 5.74) is 0.130. The molecule has 1 N–H and O–H groups in total. The fraction of sp³-hybridized carbons (Fsp3) is 0.588. The Bertz CT molecular complexity index is 782. The third-order valence-electron chi connectivity index (χ3n) is 4.29. The summed E-state index contributed by atoms with van der Waals surface area (Å²) in [5.74, 6) is 0.860. The third-order valence-corrected chi connectivity index (χ3v) is 4.29. The smallest absolute Gasteiger partial charge is 0.325 e. The van der Waals surface area contributed by atoms with Gasteiger partial charge in [0.2, 0.25) is 0 Å². The molecule has 0 bridgehead atoms. The minimum absolute atomic E-state index is 0.369. The summed E-state index contributed by atoms with van der Waals surface area (Å²) in [6.45, 7) is 3.73. The van der Waals surface area contributed by atoms with E-state index in [-0.39, 0.29) is 5.56 Å². The van der Waals surface area contributed by atoms with Gasteiger partial charge in [-0.15, -0.1) is 6.58 Å². The van der Waals surface area contributed by atoms with E-state index in [1.165, 1.54) is 30.3 Å². The summed E-state index contributed by atoms with van der Waals surface area (Å²) in [5, 5.41) is 0. The van der Waals surface area contributed by atoms with Gasteiger partial charge in [-0.1, -0.05) is 31.8 Å². The van der Waals surface area contributed by atoms with Crippen molar-refractivity contribution in [3.05, 3.63) is 39.3 Å². The first kappa shape index (κ1) is 17.2. The van der Waals surface area contributed by atoms with Gasteiger partial charge in [0.1, 0.15) is 5.82 Å². The van der Waals surface area contributed by atoms with E-state index in [9.17, 15) is 9.59 Å². The molecule has 2 rings (SSSR count). The monoisotopic (exact) mass is 318 g/mol. The predicted octanol–water partition coefficient (Wildman–Crippen LogP) is 2.42. The van der Waals surface area contributed by atoms with Crippen molar-refractivity contribution in [3.63, 3.8) is 0 Å². The van der Waals surface area contributed by atoms with E-state index in [2.05, 4.69) is 16.5 Å². The second kappa shape index (κ2) is 7.94. The number of aromatic amines is 1. The number of aryl methyl sites for hydroxylation is 3. The van der Waals surface area contributed by atoms with Crippen LogP contribution < -0.4 is 11.2 Å². The van der Waals surface area contributed by atoms with E-state index in [1.807, 2.05) is 13.1 Å². The molecular formula is C17H26N4O2. The van der Waals surface area contributed by atoms with E-state index in [0.29, 0.717) is 11.2 Å². The lowest BCUT2D eigenvalue weighted by Gasteiger charge is -2.02. The molecule has 2 aromatic rings. The maximum Gasteiger partial charge on any atom is 0.329 e. The number of hydrogen-bond donors (Lipinski definition) is 1. The Labute approximate surface area is 135 Å². The molecule has 0 radical (unpaired) electrons. The van der Waals surface area contributed by atoms with Gasteiger partial charge < -0.3 is 4.57 Å². The fourth-order valence-electron chi connectivity index (χ4n) is 2.86. The molecule has 0 aliphatic heterocycles. The minimum Gasteiger partial charge on any atom is -0.325 e. The van der Waals surface area contributed by atoms with E-state index < -0.39 is 5.69 Å². The van der Waals surface area contributed by atoms with Crippen LogP contribution in [0, 0.1) is 0 Å². The Balaban J connectivity index is 1.94. The highest BCUT2D eigenvalue weighted by Crippen LogP contribution is 2.13. The van der Waals surface area contributed by atoms with Crippen LogP contribution in [0.25, 0.3) is 11.2 Å². The summed E-state index contributed by atoms with van der Waals surface area (Å²) in [7, 11) is 3.46. The van der Waals surface area contributed by atoms with Gasteiger partial charge in [-0.05, 0) is 19.3 Å². The van der Waals surface area contributed by atoms with Gasteiger partial charge >= 0.3 is 5.69 Å². The average Bonchev–Trinajstić information content (AvgIpc) is 2.85. The molecule has 0 aromatic carbocycles. The van der Waals surface area contributed by atoms with E-state index in [0.717, 1.165) is 31.5 Å². The molecule has 0 aliphatic rings. The molecule has 0 spiro atoms. The fourth-order valence-corrected chi connectivity index (χ4v) is 2.86. The van der Waals surface area contributed by atoms with E-state index in [4.69, 9.17) is 0 Å². The lowest BCUT2D eigenvalue weighted by molar-refractivity contribution is 0.587. The van der Waals surface area contributed by atoms with Crippen LogP contribution in [-0.4, -0.2) is 19.1 Å². The van der Waals surface area contributed by atoms with Gasteiger partial charge in [0.25, 0.3) is 5.56 Å². The largest absolute Gasteiger partial charge is 0.329 e. The van der Waals surface area contributed by atoms with Gasteiger partial charge in [0.05, 0.1) is 0 Å². The van der Waals surface area contributed by atoms with Crippen molar-refractivity contribution in [1.82, 2.24) is 19.1 Å². The first-order valence-electron chi connectivity index (χ1n) is 8.31. The normalized spacial score (nSPS) is 11.2. The SMILES string of the molecule is C=CCCCCCCCCc1nc2c(c(=O)[nH]c(=O)n2C)n1C. The van der Waals surface area contributed by atoms with Gasteiger partial charge in [0, 0.05) is 20.5 Å². The maximum absolute atomic E-state index is 12.0.